The molecule has 2 rings (SSSR count). The van der Waals surface area contributed by atoms with Gasteiger partial charge in [-0.05, 0) is 36.2 Å². The molecule has 1 N–H and O–H groups in total. The topological polar surface area (TPSA) is 25.2 Å². The fourth-order valence-corrected chi connectivity index (χ4v) is 1.57. The molecule has 0 spiro atoms. The van der Waals surface area contributed by atoms with Crippen molar-refractivity contribution in [3.8, 4) is 11.3 Å². The molecule has 17 heavy (non-hydrogen) atoms. The molecule has 0 radical (unpaired) electrons. The fourth-order valence-electron chi connectivity index (χ4n) is 1.57. The zero-order valence-corrected chi connectivity index (χ0v) is 10.0. The minimum absolute atomic E-state index is 0.250. The summed E-state index contributed by atoms with van der Waals surface area (Å²) < 4.78 is 19.0. The highest BCUT2D eigenvalue weighted by Crippen LogP contribution is 2.24. The van der Waals surface area contributed by atoms with Gasteiger partial charge >= 0.3 is 0 Å². The van der Waals surface area contributed by atoms with Crippen LogP contribution in [0.2, 0.25) is 0 Å². The molecule has 0 saturated heterocycles. The van der Waals surface area contributed by atoms with Crippen LogP contribution in [0.25, 0.3) is 11.3 Å². The molecule has 0 unspecified atom stereocenters. The van der Waals surface area contributed by atoms with Gasteiger partial charge in [-0.3, -0.25) is 0 Å². The molecule has 0 bridgehead atoms. The number of benzene rings is 1. The van der Waals surface area contributed by atoms with Gasteiger partial charge in [-0.1, -0.05) is 13.8 Å². The predicted octanol–water partition coefficient (Wildman–Crippen LogP) is 4.15. The second kappa shape index (κ2) is 5.04. The summed E-state index contributed by atoms with van der Waals surface area (Å²) in [5.41, 5.74) is 1.29. The fraction of sp³-hybridized carbons (Fsp3) is 0.286. The lowest BCUT2D eigenvalue weighted by Crippen LogP contribution is -2.09. The van der Waals surface area contributed by atoms with Crippen molar-refractivity contribution in [2.24, 2.45) is 5.92 Å². The molecule has 2 nitrogen and oxygen atoms in total. The van der Waals surface area contributed by atoms with Gasteiger partial charge in [0, 0.05) is 12.1 Å². The maximum Gasteiger partial charge on any atom is 0.147 e. The lowest BCUT2D eigenvalue weighted by atomic mass is 10.1. The van der Waals surface area contributed by atoms with E-state index in [2.05, 4.69) is 19.2 Å². The van der Waals surface area contributed by atoms with Crippen LogP contribution in [0.4, 0.5) is 10.1 Å². The van der Waals surface area contributed by atoms with Gasteiger partial charge in [0.15, 0.2) is 0 Å². The van der Waals surface area contributed by atoms with E-state index in [4.69, 9.17) is 4.42 Å². The van der Waals surface area contributed by atoms with E-state index >= 15 is 0 Å². The van der Waals surface area contributed by atoms with Crippen LogP contribution in [0.15, 0.2) is 41.0 Å². The lowest BCUT2D eigenvalue weighted by molar-refractivity contribution is 0.580. The maximum absolute atomic E-state index is 13.8. The maximum atomic E-state index is 13.8. The smallest absolute Gasteiger partial charge is 0.147 e. The van der Waals surface area contributed by atoms with Gasteiger partial charge in [-0.15, -0.1) is 0 Å². The Balaban J connectivity index is 2.17. The van der Waals surface area contributed by atoms with Gasteiger partial charge in [0.2, 0.25) is 0 Å². The first-order valence-electron chi connectivity index (χ1n) is 5.74. The highest BCUT2D eigenvalue weighted by Gasteiger charge is 2.06. The van der Waals surface area contributed by atoms with Crippen molar-refractivity contribution in [1.29, 1.82) is 0 Å². The first kappa shape index (κ1) is 11.7. The Kier molecular flexibility index (Phi) is 3.47. The summed E-state index contributed by atoms with van der Waals surface area (Å²) >= 11 is 0. The van der Waals surface area contributed by atoms with E-state index in [0.29, 0.717) is 17.4 Å². The number of hydrogen-bond acceptors (Lipinski definition) is 2. The predicted molar refractivity (Wildman–Crippen MR) is 67.4 cm³/mol. The zero-order valence-electron chi connectivity index (χ0n) is 10.0. The molecular weight excluding hydrogens is 217 g/mol. The third-order valence-corrected chi connectivity index (χ3v) is 2.48. The molecule has 0 aliphatic rings. The molecule has 0 amide bonds. The average molecular weight is 233 g/mol. The number of nitrogens with one attached hydrogen (secondary N) is 1. The summed E-state index contributed by atoms with van der Waals surface area (Å²) in [5, 5.41) is 3.08. The van der Waals surface area contributed by atoms with E-state index in [1.807, 2.05) is 12.1 Å². The Hall–Kier alpha value is -1.77. The summed E-state index contributed by atoms with van der Waals surface area (Å²) in [7, 11) is 0. The van der Waals surface area contributed by atoms with Crippen LogP contribution in [0.5, 0.6) is 0 Å². The van der Waals surface area contributed by atoms with Crippen LogP contribution in [-0.4, -0.2) is 6.54 Å². The van der Waals surface area contributed by atoms with Crippen LogP contribution in [0, 0.1) is 11.7 Å². The van der Waals surface area contributed by atoms with Gasteiger partial charge in [-0.2, -0.15) is 0 Å². The minimum atomic E-state index is -0.250. The standard InChI is InChI=1S/C14H16FNO/c1-10(2)9-16-13-6-5-11(8-12(13)15)14-4-3-7-17-14/h3-8,10,16H,9H2,1-2H3. The molecule has 0 atom stereocenters. The second-order valence-corrected chi connectivity index (χ2v) is 4.45. The molecule has 2 aromatic rings. The highest BCUT2D eigenvalue weighted by molar-refractivity contribution is 5.61. The van der Waals surface area contributed by atoms with Crippen LogP contribution in [0.3, 0.4) is 0 Å². The lowest BCUT2D eigenvalue weighted by Gasteiger charge is -2.10. The largest absolute Gasteiger partial charge is 0.464 e. The highest BCUT2D eigenvalue weighted by atomic mass is 19.1. The van der Waals surface area contributed by atoms with Crippen molar-refractivity contribution < 1.29 is 8.81 Å². The SMILES string of the molecule is CC(C)CNc1ccc(-c2ccco2)cc1F. The van der Waals surface area contributed by atoms with Crippen LogP contribution >= 0.6 is 0 Å². The van der Waals surface area contributed by atoms with Gasteiger partial charge in [0.1, 0.15) is 11.6 Å². The minimum Gasteiger partial charge on any atom is -0.464 e. The number of rotatable bonds is 4. The van der Waals surface area contributed by atoms with Gasteiger partial charge in [0.05, 0.1) is 12.0 Å². The molecular formula is C14H16FNO. The first-order chi connectivity index (χ1) is 8.16. The molecule has 0 aliphatic heterocycles. The number of hydrogen-bond donors (Lipinski definition) is 1. The van der Waals surface area contributed by atoms with Crippen molar-refractivity contribution >= 4 is 5.69 Å². The van der Waals surface area contributed by atoms with Crippen LogP contribution in [-0.2, 0) is 0 Å². The molecule has 0 saturated carbocycles. The Morgan fingerprint density at radius 2 is 2.12 bits per heavy atom. The normalized spacial score (nSPS) is 10.8. The van der Waals surface area contributed by atoms with E-state index in [1.165, 1.54) is 6.07 Å². The third kappa shape index (κ3) is 2.87. The average Bonchev–Trinajstić information content (AvgIpc) is 2.80. The summed E-state index contributed by atoms with van der Waals surface area (Å²) in [6, 6.07) is 8.69. The Bertz CT molecular complexity index is 477. The molecule has 1 aromatic carbocycles. The Morgan fingerprint density at radius 3 is 2.71 bits per heavy atom. The quantitative estimate of drug-likeness (QED) is 0.858. The van der Waals surface area contributed by atoms with E-state index in [9.17, 15) is 4.39 Å². The summed E-state index contributed by atoms with van der Waals surface area (Å²) in [6.07, 6.45) is 1.58. The number of anilines is 1. The van der Waals surface area contributed by atoms with Crippen LogP contribution in [0.1, 0.15) is 13.8 Å². The van der Waals surface area contributed by atoms with Crippen molar-refractivity contribution in [1.82, 2.24) is 0 Å². The van der Waals surface area contributed by atoms with E-state index in [0.717, 1.165) is 12.1 Å². The van der Waals surface area contributed by atoms with Gasteiger partial charge in [0.25, 0.3) is 0 Å². The Morgan fingerprint density at radius 1 is 1.29 bits per heavy atom. The van der Waals surface area contributed by atoms with E-state index in [1.54, 1.807) is 18.4 Å². The molecule has 1 heterocycles. The van der Waals surface area contributed by atoms with E-state index in [-0.39, 0.29) is 5.82 Å². The molecule has 0 aliphatic carbocycles. The van der Waals surface area contributed by atoms with Gasteiger partial charge < -0.3 is 9.73 Å². The summed E-state index contributed by atoms with van der Waals surface area (Å²) in [4.78, 5) is 0. The monoisotopic (exact) mass is 233 g/mol. The number of furan rings is 1. The molecule has 90 valence electrons. The van der Waals surface area contributed by atoms with Crippen molar-refractivity contribution in [3.63, 3.8) is 0 Å². The number of halogens is 1. The summed E-state index contributed by atoms with van der Waals surface area (Å²) in [5.74, 6) is 0.915. The van der Waals surface area contributed by atoms with Crippen LogP contribution < -0.4 is 5.32 Å². The van der Waals surface area contributed by atoms with E-state index < -0.39 is 0 Å². The van der Waals surface area contributed by atoms with Crippen molar-refractivity contribution in [3.05, 3.63) is 42.4 Å². The third-order valence-electron chi connectivity index (χ3n) is 2.48. The zero-order chi connectivity index (χ0) is 12.3. The van der Waals surface area contributed by atoms with Crippen molar-refractivity contribution in [2.45, 2.75) is 13.8 Å². The Labute approximate surface area is 100 Å². The van der Waals surface area contributed by atoms with Crippen molar-refractivity contribution in [2.75, 3.05) is 11.9 Å². The van der Waals surface area contributed by atoms with Gasteiger partial charge in [-0.25, -0.2) is 4.39 Å². The second-order valence-electron chi connectivity index (χ2n) is 4.45. The molecule has 0 fully saturated rings. The molecule has 1 aromatic heterocycles. The summed E-state index contributed by atoms with van der Waals surface area (Å²) in [6.45, 7) is 4.93. The first-order valence-corrected chi connectivity index (χ1v) is 5.74. The molecule has 3 heteroatoms.